The number of hydrogen-bond acceptors (Lipinski definition) is 5. The summed E-state index contributed by atoms with van der Waals surface area (Å²) in [4.78, 5) is 15.5. The molecule has 0 N–H and O–H groups in total. The Morgan fingerprint density at radius 2 is 0.828 bits per heavy atom. The lowest BCUT2D eigenvalue weighted by Gasteiger charge is -2.12. The smallest absolute Gasteiger partial charge is 0.164 e. The second-order valence-corrected chi connectivity index (χ2v) is 16.3. The predicted molar refractivity (Wildman–Crippen MR) is 259 cm³/mol. The summed E-state index contributed by atoms with van der Waals surface area (Å²) in [6.45, 7) is 0. The number of furan rings is 2. The predicted octanol–water partition coefficient (Wildman–Crippen LogP) is 14.9. The standard InChI is InChI=1S/C57H33N5O2/c1-3-16-34(17-4-1)55-58-56(35-18-5-2-6-19-35)60-57(59-55)43-32-33-48(61-44-25-11-7-20-36(44)37-21-8-12-26-45(37)61)54-50(43)42-24-15-28-47(52(42)64-54)62-46-27-13-9-22-38(46)40-30-31-41-39-23-10-14-29-49(39)63-53(41)51(40)62/h1-33H. The number of rotatable bonds is 5. The Bertz CT molecular complexity index is 4090. The summed E-state index contributed by atoms with van der Waals surface area (Å²) in [5, 5.41) is 8.58. The molecule has 0 fully saturated rings. The Balaban J connectivity index is 1.13. The normalized spacial score (nSPS) is 12.1. The van der Waals surface area contributed by atoms with E-state index in [0.717, 1.165) is 105 Å². The number of fused-ring (bicyclic) bond motifs is 13. The molecule has 0 saturated heterocycles. The van der Waals surface area contributed by atoms with Crippen molar-refractivity contribution in [3.05, 3.63) is 200 Å². The van der Waals surface area contributed by atoms with Crippen LogP contribution in [0.5, 0.6) is 0 Å². The molecule has 0 aliphatic heterocycles. The fraction of sp³-hybridized carbons (Fsp3) is 0. The van der Waals surface area contributed by atoms with Gasteiger partial charge in [-0.3, -0.25) is 0 Å². The molecule has 5 heterocycles. The topological polar surface area (TPSA) is 74.8 Å². The maximum atomic E-state index is 7.48. The zero-order chi connectivity index (χ0) is 41.9. The number of nitrogens with zero attached hydrogens (tertiary/aromatic N) is 5. The van der Waals surface area contributed by atoms with Crippen LogP contribution in [0.25, 0.3) is 133 Å². The van der Waals surface area contributed by atoms with Gasteiger partial charge in [-0.1, -0.05) is 152 Å². The maximum absolute atomic E-state index is 7.48. The third kappa shape index (κ3) is 4.94. The third-order valence-electron chi connectivity index (χ3n) is 12.8. The molecule has 0 aliphatic carbocycles. The van der Waals surface area contributed by atoms with Crippen molar-refractivity contribution in [1.29, 1.82) is 0 Å². The van der Waals surface area contributed by atoms with Crippen LogP contribution in [0.15, 0.2) is 209 Å². The molecule has 9 aromatic carbocycles. The lowest BCUT2D eigenvalue weighted by Crippen LogP contribution is -2.01. The fourth-order valence-electron chi connectivity index (χ4n) is 10.0. The van der Waals surface area contributed by atoms with Gasteiger partial charge in [-0.25, -0.2) is 15.0 Å². The van der Waals surface area contributed by atoms with Gasteiger partial charge in [-0.2, -0.15) is 0 Å². The van der Waals surface area contributed by atoms with E-state index in [4.69, 9.17) is 23.8 Å². The van der Waals surface area contributed by atoms with E-state index in [1.165, 1.54) is 10.8 Å². The molecular formula is C57H33N5O2. The van der Waals surface area contributed by atoms with Crippen LogP contribution >= 0.6 is 0 Å². The van der Waals surface area contributed by atoms with E-state index in [1.54, 1.807) is 0 Å². The molecule has 0 radical (unpaired) electrons. The van der Waals surface area contributed by atoms with Gasteiger partial charge < -0.3 is 18.0 Å². The quantitative estimate of drug-likeness (QED) is 0.173. The van der Waals surface area contributed by atoms with E-state index < -0.39 is 0 Å². The first-order valence-corrected chi connectivity index (χ1v) is 21.4. The minimum Gasteiger partial charge on any atom is -0.454 e. The van der Waals surface area contributed by atoms with Crippen LogP contribution in [0.2, 0.25) is 0 Å². The molecule has 64 heavy (non-hydrogen) atoms. The molecule has 298 valence electrons. The molecule has 14 rings (SSSR count). The molecule has 0 aliphatic rings. The number of para-hydroxylation sites is 5. The lowest BCUT2D eigenvalue weighted by atomic mass is 10.0. The minimum atomic E-state index is 0.556. The molecule has 0 amide bonds. The number of benzene rings is 9. The summed E-state index contributed by atoms with van der Waals surface area (Å²) in [6, 6.07) is 69.4. The van der Waals surface area contributed by atoms with Crippen molar-refractivity contribution in [2.45, 2.75) is 0 Å². The number of aromatic nitrogens is 5. The van der Waals surface area contributed by atoms with Crippen LogP contribution in [0.3, 0.4) is 0 Å². The van der Waals surface area contributed by atoms with Crippen molar-refractivity contribution in [2.24, 2.45) is 0 Å². The van der Waals surface area contributed by atoms with Crippen LogP contribution in [0.4, 0.5) is 0 Å². The van der Waals surface area contributed by atoms with Gasteiger partial charge in [-0.05, 0) is 48.5 Å². The fourth-order valence-corrected chi connectivity index (χ4v) is 10.0. The van der Waals surface area contributed by atoms with Gasteiger partial charge in [0, 0.05) is 59.8 Å². The first kappa shape index (κ1) is 34.9. The lowest BCUT2D eigenvalue weighted by molar-refractivity contribution is 0.662. The maximum Gasteiger partial charge on any atom is 0.164 e. The largest absolute Gasteiger partial charge is 0.454 e. The summed E-state index contributed by atoms with van der Waals surface area (Å²) < 4.78 is 18.9. The molecule has 7 nitrogen and oxygen atoms in total. The summed E-state index contributed by atoms with van der Waals surface area (Å²) in [7, 11) is 0. The van der Waals surface area contributed by atoms with Gasteiger partial charge in [0.05, 0.1) is 33.4 Å². The van der Waals surface area contributed by atoms with E-state index in [0.29, 0.717) is 17.5 Å². The van der Waals surface area contributed by atoms with E-state index >= 15 is 0 Å². The summed E-state index contributed by atoms with van der Waals surface area (Å²) in [6.07, 6.45) is 0. The Hall–Kier alpha value is -8.81. The van der Waals surface area contributed by atoms with Gasteiger partial charge in [0.25, 0.3) is 0 Å². The zero-order valence-corrected chi connectivity index (χ0v) is 34.1. The first-order chi connectivity index (χ1) is 31.8. The van der Waals surface area contributed by atoms with Gasteiger partial charge in [0.1, 0.15) is 5.58 Å². The highest BCUT2D eigenvalue weighted by Gasteiger charge is 2.26. The molecule has 0 unspecified atom stereocenters. The SMILES string of the molecule is c1ccc(-c2nc(-c3ccccc3)nc(-c3ccc(-n4c5ccccc5c5ccccc54)c4oc5c(-n6c7ccccc7c7ccc8c9ccccc9oc8c76)cccc5c34)n2)cc1. The molecule has 0 spiro atoms. The van der Waals surface area contributed by atoms with E-state index in [1.807, 2.05) is 72.8 Å². The second-order valence-electron chi connectivity index (χ2n) is 16.3. The van der Waals surface area contributed by atoms with Crippen molar-refractivity contribution >= 4 is 87.5 Å². The van der Waals surface area contributed by atoms with Crippen LogP contribution in [-0.2, 0) is 0 Å². The molecule has 14 aromatic rings. The molecular weight excluding hydrogens is 787 g/mol. The monoisotopic (exact) mass is 819 g/mol. The molecule has 0 atom stereocenters. The Morgan fingerprint density at radius 1 is 0.312 bits per heavy atom. The van der Waals surface area contributed by atoms with Crippen molar-refractivity contribution < 1.29 is 8.83 Å². The van der Waals surface area contributed by atoms with Gasteiger partial charge in [0.15, 0.2) is 34.2 Å². The average molecular weight is 820 g/mol. The molecule has 5 aromatic heterocycles. The summed E-state index contributed by atoms with van der Waals surface area (Å²) in [5.41, 5.74) is 11.8. The summed E-state index contributed by atoms with van der Waals surface area (Å²) in [5.74, 6) is 1.75. The molecule has 7 heteroatoms. The van der Waals surface area contributed by atoms with Crippen LogP contribution in [0.1, 0.15) is 0 Å². The van der Waals surface area contributed by atoms with Crippen molar-refractivity contribution in [1.82, 2.24) is 24.1 Å². The van der Waals surface area contributed by atoms with E-state index in [-0.39, 0.29) is 0 Å². The highest BCUT2D eigenvalue weighted by Crippen LogP contribution is 2.46. The second kappa shape index (κ2) is 13.3. The Kier molecular flexibility index (Phi) is 7.27. The Morgan fingerprint density at radius 3 is 1.50 bits per heavy atom. The van der Waals surface area contributed by atoms with Crippen LogP contribution < -0.4 is 0 Å². The third-order valence-corrected chi connectivity index (χ3v) is 12.8. The molecule has 0 bridgehead atoms. The molecule has 0 saturated carbocycles. The van der Waals surface area contributed by atoms with Crippen molar-refractivity contribution in [3.63, 3.8) is 0 Å². The average Bonchev–Trinajstić information content (AvgIpc) is 4.12. The van der Waals surface area contributed by atoms with E-state index in [9.17, 15) is 0 Å². The number of hydrogen-bond donors (Lipinski definition) is 0. The van der Waals surface area contributed by atoms with Crippen LogP contribution in [-0.4, -0.2) is 24.1 Å². The summed E-state index contributed by atoms with van der Waals surface area (Å²) >= 11 is 0. The minimum absolute atomic E-state index is 0.556. The van der Waals surface area contributed by atoms with Crippen molar-refractivity contribution in [3.8, 4) is 45.5 Å². The van der Waals surface area contributed by atoms with E-state index in [2.05, 4.69) is 137 Å². The first-order valence-electron chi connectivity index (χ1n) is 21.4. The highest BCUT2D eigenvalue weighted by atomic mass is 16.3. The zero-order valence-electron chi connectivity index (χ0n) is 34.1. The van der Waals surface area contributed by atoms with Crippen molar-refractivity contribution in [2.75, 3.05) is 0 Å². The van der Waals surface area contributed by atoms with Gasteiger partial charge >= 0.3 is 0 Å². The van der Waals surface area contributed by atoms with Gasteiger partial charge in [-0.15, -0.1) is 0 Å². The van der Waals surface area contributed by atoms with Gasteiger partial charge in [0.2, 0.25) is 0 Å². The Labute approximate surface area is 364 Å². The highest BCUT2D eigenvalue weighted by molar-refractivity contribution is 6.23. The van der Waals surface area contributed by atoms with Crippen LogP contribution in [0, 0.1) is 0 Å².